The highest BCUT2D eigenvalue weighted by Gasteiger charge is 2.27. The molecule has 138 valence electrons. The maximum atomic E-state index is 12.9. The van der Waals surface area contributed by atoms with Crippen LogP contribution in [0.4, 0.5) is 5.69 Å². The number of aryl methyl sites for hydroxylation is 2. The van der Waals surface area contributed by atoms with Gasteiger partial charge in [-0.05, 0) is 68.5 Å². The van der Waals surface area contributed by atoms with Crippen molar-refractivity contribution in [3.8, 4) is 0 Å². The van der Waals surface area contributed by atoms with Crippen molar-refractivity contribution >= 4 is 22.5 Å². The summed E-state index contributed by atoms with van der Waals surface area (Å²) in [6, 6.07) is 15.4. The van der Waals surface area contributed by atoms with Crippen LogP contribution in [0.3, 0.4) is 0 Å². The Morgan fingerprint density at radius 1 is 1.15 bits per heavy atom. The zero-order valence-corrected chi connectivity index (χ0v) is 16.0. The van der Waals surface area contributed by atoms with Gasteiger partial charge in [0.25, 0.3) is 11.5 Å². The molecule has 4 heteroatoms. The lowest BCUT2D eigenvalue weighted by Gasteiger charge is -2.20. The number of anilines is 1. The van der Waals surface area contributed by atoms with Crippen molar-refractivity contribution in [2.24, 2.45) is 0 Å². The second-order valence-corrected chi connectivity index (χ2v) is 7.39. The molecular weight excluding hydrogens is 336 g/mol. The molecule has 0 spiro atoms. The zero-order valence-electron chi connectivity index (χ0n) is 16.0. The number of amides is 1. The minimum atomic E-state index is -0.0326. The van der Waals surface area contributed by atoms with Gasteiger partial charge in [0.05, 0.1) is 5.52 Å². The van der Waals surface area contributed by atoms with Crippen molar-refractivity contribution in [2.75, 3.05) is 11.9 Å². The number of nitrogens with zero attached hydrogens (tertiary/aromatic N) is 2. The molecule has 1 fully saturated rings. The van der Waals surface area contributed by atoms with Crippen LogP contribution >= 0.6 is 0 Å². The third-order valence-corrected chi connectivity index (χ3v) is 5.42. The molecule has 0 unspecified atom stereocenters. The van der Waals surface area contributed by atoms with E-state index in [-0.39, 0.29) is 11.5 Å². The molecule has 27 heavy (non-hydrogen) atoms. The predicted molar refractivity (Wildman–Crippen MR) is 110 cm³/mol. The number of carbonyl (C=O) groups excluding carboxylic acids is 1. The largest absolute Gasteiger partial charge is 0.311 e. The Labute approximate surface area is 159 Å². The molecule has 1 amide bonds. The Bertz CT molecular complexity index is 1090. The van der Waals surface area contributed by atoms with E-state index in [1.165, 1.54) is 0 Å². The van der Waals surface area contributed by atoms with E-state index >= 15 is 0 Å². The van der Waals surface area contributed by atoms with Gasteiger partial charge in [0, 0.05) is 36.3 Å². The molecule has 4 rings (SSSR count). The maximum absolute atomic E-state index is 12.9. The van der Waals surface area contributed by atoms with Crippen molar-refractivity contribution in [3.05, 3.63) is 75.6 Å². The normalized spacial score (nSPS) is 13.7. The molecule has 0 atom stereocenters. The lowest BCUT2D eigenvalue weighted by molar-refractivity contribution is 0.0993. The summed E-state index contributed by atoms with van der Waals surface area (Å²) in [5.41, 5.74) is 4.72. The monoisotopic (exact) mass is 360 g/mol. The first kappa shape index (κ1) is 17.5. The lowest BCUT2D eigenvalue weighted by Crippen LogP contribution is -2.26. The van der Waals surface area contributed by atoms with Gasteiger partial charge in [0.2, 0.25) is 0 Å². The highest BCUT2D eigenvalue weighted by atomic mass is 16.2. The molecule has 1 aliphatic carbocycles. The van der Waals surface area contributed by atoms with Gasteiger partial charge >= 0.3 is 0 Å². The fourth-order valence-corrected chi connectivity index (χ4v) is 3.75. The summed E-state index contributed by atoms with van der Waals surface area (Å²) in [5, 5.41) is 1.08. The summed E-state index contributed by atoms with van der Waals surface area (Å²) < 4.78 is 1.80. The third-order valence-electron chi connectivity index (χ3n) is 5.42. The highest BCUT2D eigenvalue weighted by Crippen LogP contribution is 2.43. The maximum Gasteiger partial charge on any atom is 0.258 e. The number of hydrogen-bond acceptors (Lipinski definition) is 2. The second-order valence-electron chi connectivity index (χ2n) is 7.39. The van der Waals surface area contributed by atoms with Crippen LogP contribution in [0, 0.1) is 6.92 Å². The molecule has 3 aromatic rings. The van der Waals surface area contributed by atoms with Crippen LogP contribution in [0.25, 0.3) is 10.9 Å². The summed E-state index contributed by atoms with van der Waals surface area (Å²) in [6.07, 6.45) is 2.26. The molecule has 0 saturated heterocycles. The lowest BCUT2D eigenvalue weighted by atomic mass is 10.0. The molecule has 1 saturated carbocycles. The van der Waals surface area contributed by atoms with Crippen molar-refractivity contribution < 1.29 is 4.79 Å². The Morgan fingerprint density at radius 2 is 1.93 bits per heavy atom. The van der Waals surface area contributed by atoms with Crippen molar-refractivity contribution in [1.29, 1.82) is 0 Å². The SMILES string of the molecule is CCn1c(=O)cc(C2CC2)c2cc(N(C)C(=O)c3cccc(C)c3)ccc21. The van der Waals surface area contributed by atoms with E-state index in [0.29, 0.717) is 18.0 Å². The zero-order chi connectivity index (χ0) is 19.1. The summed E-state index contributed by atoms with van der Waals surface area (Å²) in [5.74, 6) is 0.439. The van der Waals surface area contributed by atoms with Crippen LogP contribution in [0.15, 0.2) is 53.3 Å². The topological polar surface area (TPSA) is 42.3 Å². The predicted octanol–water partition coefficient (Wildman–Crippen LogP) is 4.48. The first-order valence-electron chi connectivity index (χ1n) is 9.52. The number of carbonyl (C=O) groups is 1. The van der Waals surface area contributed by atoms with E-state index in [9.17, 15) is 9.59 Å². The minimum Gasteiger partial charge on any atom is -0.311 e. The van der Waals surface area contributed by atoms with Crippen LogP contribution in [0.1, 0.15) is 47.2 Å². The number of rotatable bonds is 4. The summed E-state index contributed by atoms with van der Waals surface area (Å²) in [7, 11) is 1.80. The molecule has 0 bridgehead atoms. The van der Waals surface area contributed by atoms with Crippen molar-refractivity contribution in [1.82, 2.24) is 4.57 Å². The Kier molecular flexibility index (Phi) is 4.34. The Balaban J connectivity index is 1.81. The van der Waals surface area contributed by atoms with E-state index in [2.05, 4.69) is 6.07 Å². The van der Waals surface area contributed by atoms with Crippen molar-refractivity contribution in [3.63, 3.8) is 0 Å². The molecule has 1 aromatic heterocycles. The summed E-state index contributed by atoms with van der Waals surface area (Å²) in [6.45, 7) is 4.61. The van der Waals surface area contributed by atoms with E-state index < -0.39 is 0 Å². The molecule has 0 radical (unpaired) electrons. The summed E-state index contributed by atoms with van der Waals surface area (Å²) >= 11 is 0. The van der Waals surface area contributed by atoms with E-state index in [1.807, 2.05) is 50.2 Å². The second kappa shape index (κ2) is 6.69. The number of hydrogen-bond donors (Lipinski definition) is 0. The quantitative estimate of drug-likeness (QED) is 0.688. The van der Waals surface area contributed by atoms with Gasteiger partial charge < -0.3 is 9.47 Å². The average molecular weight is 360 g/mol. The molecule has 1 aliphatic rings. The Morgan fingerprint density at radius 3 is 2.59 bits per heavy atom. The van der Waals surface area contributed by atoms with E-state index in [1.54, 1.807) is 22.6 Å². The van der Waals surface area contributed by atoms with Gasteiger partial charge in [0.15, 0.2) is 0 Å². The number of aromatic nitrogens is 1. The molecule has 4 nitrogen and oxygen atoms in total. The molecule has 2 aromatic carbocycles. The first-order valence-corrected chi connectivity index (χ1v) is 9.52. The minimum absolute atomic E-state index is 0.0326. The fraction of sp³-hybridized carbons (Fsp3) is 0.304. The standard InChI is InChI=1S/C23H24N2O2/c1-4-25-21-11-10-18(13-20(21)19(14-22(25)26)16-8-9-16)24(3)23(27)17-7-5-6-15(2)12-17/h5-7,10-14,16H,4,8-9H2,1-3H3. The van der Waals surface area contributed by atoms with Crippen LogP contribution in [0.2, 0.25) is 0 Å². The van der Waals surface area contributed by atoms with E-state index in [4.69, 9.17) is 0 Å². The molecule has 1 heterocycles. The van der Waals surface area contributed by atoms with E-state index in [0.717, 1.165) is 40.6 Å². The van der Waals surface area contributed by atoms with Crippen molar-refractivity contribution in [2.45, 2.75) is 39.2 Å². The molecule has 0 aliphatic heterocycles. The molecule has 0 N–H and O–H groups in total. The highest BCUT2D eigenvalue weighted by molar-refractivity contribution is 6.06. The fourth-order valence-electron chi connectivity index (χ4n) is 3.75. The summed E-state index contributed by atoms with van der Waals surface area (Å²) in [4.78, 5) is 27.1. The van der Waals surface area contributed by atoms with Crippen LogP contribution in [-0.4, -0.2) is 17.5 Å². The smallest absolute Gasteiger partial charge is 0.258 e. The van der Waals surface area contributed by atoms with Crippen LogP contribution in [0.5, 0.6) is 0 Å². The first-order chi connectivity index (χ1) is 13.0. The van der Waals surface area contributed by atoms with Gasteiger partial charge in [-0.3, -0.25) is 9.59 Å². The average Bonchev–Trinajstić information content (AvgIpc) is 3.51. The van der Waals surface area contributed by atoms with Gasteiger partial charge in [0.1, 0.15) is 0 Å². The van der Waals surface area contributed by atoms with Gasteiger partial charge in [-0.25, -0.2) is 0 Å². The van der Waals surface area contributed by atoms with Gasteiger partial charge in [-0.15, -0.1) is 0 Å². The third kappa shape index (κ3) is 3.16. The molecular formula is C23H24N2O2. The number of fused-ring (bicyclic) bond motifs is 1. The number of benzene rings is 2. The van der Waals surface area contributed by atoms with Gasteiger partial charge in [-0.2, -0.15) is 0 Å². The van der Waals surface area contributed by atoms with Gasteiger partial charge in [-0.1, -0.05) is 17.7 Å². The Hall–Kier alpha value is -2.88. The number of pyridine rings is 1. The van der Waals surface area contributed by atoms with Crippen LogP contribution < -0.4 is 10.5 Å². The van der Waals surface area contributed by atoms with Crippen LogP contribution in [-0.2, 0) is 6.54 Å².